The lowest BCUT2D eigenvalue weighted by Gasteiger charge is -2.09. The van der Waals surface area contributed by atoms with E-state index in [-0.39, 0.29) is 11.4 Å². The van der Waals surface area contributed by atoms with Gasteiger partial charge in [0.25, 0.3) is 5.91 Å². The predicted octanol–water partition coefficient (Wildman–Crippen LogP) is 3.35. The van der Waals surface area contributed by atoms with Crippen LogP contribution in [-0.2, 0) is 4.79 Å². The van der Waals surface area contributed by atoms with E-state index in [1.165, 1.54) is 12.1 Å². The van der Waals surface area contributed by atoms with Crippen LogP contribution < -0.4 is 11.1 Å². The van der Waals surface area contributed by atoms with Crippen LogP contribution in [0.25, 0.3) is 17.0 Å². The third-order valence-corrected chi connectivity index (χ3v) is 5.69. The Hall–Kier alpha value is -3.79. The number of nitrogens with two attached hydrogens (primary N) is 1. The van der Waals surface area contributed by atoms with Gasteiger partial charge < -0.3 is 11.1 Å². The Bertz CT molecular complexity index is 1360. The molecule has 4 aromatic rings. The summed E-state index contributed by atoms with van der Waals surface area (Å²) in [6.07, 6.45) is 1.75. The molecule has 162 valence electrons. The summed E-state index contributed by atoms with van der Waals surface area (Å²) < 4.78 is 29.0. The van der Waals surface area contributed by atoms with E-state index in [1.54, 1.807) is 40.9 Å². The summed E-state index contributed by atoms with van der Waals surface area (Å²) >= 11 is 1.14. The topological polar surface area (TPSA) is 102 Å². The standard InChI is InChI=1S/C22H17F2N5O2S/c1-12-2-3-13(22(31)26-10-19(25)30)8-16(12)21-28-27-20-7-5-15(11-29(20)21)32-18-6-4-14(23)9-17(18)24/h2-9,11H,10H2,1H3,(H2,25,30)(H,26,31). The average molecular weight is 453 g/mol. The van der Waals surface area contributed by atoms with Gasteiger partial charge >= 0.3 is 0 Å². The molecule has 0 unspecified atom stereocenters. The van der Waals surface area contributed by atoms with Crippen LogP contribution in [0.3, 0.4) is 0 Å². The van der Waals surface area contributed by atoms with E-state index in [0.29, 0.717) is 27.5 Å². The fourth-order valence-electron chi connectivity index (χ4n) is 3.07. The van der Waals surface area contributed by atoms with E-state index in [9.17, 15) is 18.4 Å². The monoisotopic (exact) mass is 453 g/mol. The van der Waals surface area contributed by atoms with Crippen molar-refractivity contribution in [3.63, 3.8) is 0 Å². The van der Waals surface area contributed by atoms with Crippen LogP contribution in [0.15, 0.2) is 64.5 Å². The van der Waals surface area contributed by atoms with Crippen molar-refractivity contribution in [2.45, 2.75) is 16.7 Å². The molecular weight excluding hydrogens is 436 g/mol. The Morgan fingerprint density at radius 3 is 2.66 bits per heavy atom. The second-order valence-electron chi connectivity index (χ2n) is 6.97. The van der Waals surface area contributed by atoms with Gasteiger partial charge in [-0.3, -0.25) is 14.0 Å². The van der Waals surface area contributed by atoms with Crippen molar-refractivity contribution in [1.82, 2.24) is 19.9 Å². The highest BCUT2D eigenvalue weighted by Gasteiger charge is 2.15. The normalized spacial score (nSPS) is 11.0. The first-order chi connectivity index (χ1) is 15.3. The number of hydrogen-bond acceptors (Lipinski definition) is 5. The number of hydrogen-bond donors (Lipinski definition) is 2. The molecule has 7 nitrogen and oxygen atoms in total. The van der Waals surface area contributed by atoms with E-state index in [4.69, 9.17) is 5.73 Å². The van der Waals surface area contributed by atoms with Gasteiger partial charge in [-0.1, -0.05) is 17.8 Å². The summed E-state index contributed by atoms with van der Waals surface area (Å²) in [6.45, 7) is 1.60. The molecule has 0 atom stereocenters. The van der Waals surface area contributed by atoms with Gasteiger partial charge in [0, 0.05) is 33.2 Å². The molecule has 0 saturated carbocycles. The molecule has 0 aliphatic rings. The number of aromatic nitrogens is 3. The molecule has 0 spiro atoms. The minimum atomic E-state index is -0.649. The Balaban J connectivity index is 1.70. The molecule has 2 aromatic heterocycles. The van der Waals surface area contributed by atoms with Crippen molar-refractivity contribution in [3.8, 4) is 11.4 Å². The maximum atomic E-state index is 14.1. The number of amides is 2. The van der Waals surface area contributed by atoms with Gasteiger partial charge in [0.2, 0.25) is 5.91 Å². The molecule has 3 N–H and O–H groups in total. The minimum absolute atomic E-state index is 0.267. The Kier molecular flexibility index (Phi) is 5.87. The second-order valence-corrected chi connectivity index (χ2v) is 8.09. The molecule has 0 saturated heterocycles. The quantitative estimate of drug-likeness (QED) is 0.466. The minimum Gasteiger partial charge on any atom is -0.368 e. The summed E-state index contributed by atoms with van der Waals surface area (Å²) in [4.78, 5) is 24.2. The SMILES string of the molecule is Cc1ccc(C(=O)NCC(N)=O)cc1-c1nnc2ccc(Sc3ccc(F)cc3F)cn12. The zero-order valence-electron chi connectivity index (χ0n) is 16.8. The third kappa shape index (κ3) is 4.45. The van der Waals surface area contributed by atoms with Gasteiger partial charge in [0.1, 0.15) is 11.6 Å². The fraction of sp³-hybridized carbons (Fsp3) is 0.0909. The lowest BCUT2D eigenvalue weighted by atomic mass is 10.0. The molecular formula is C22H17F2N5O2S. The maximum absolute atomic E-state index is 14.1. The molecule has 0 aliphatic carbocycles. The van der Waals surface area contributed by atoms with Crippen LogP contribution in [0.2, 0.25) is 0 Å². The zero-order chi connectivity index (χ0) is 22.8. The summed E-state index contributed by atoms with van der Waals surface area (Å²) in [6, 6.07) is 12.0. The smallest absolute Gasteiger partial charge is 0.251 e. The van der Waals surface area contributed by atoms with Crippen molar-refractivity contribution in [1.29, 1.82) is 0 Å². The molecule has 2 heterocycles. The van der Waals surface area contributed by atoms with Crippen LogP contribution >= 0.6 is 11.8 Å². The molecule has 0 aliphatic heterocycles. The van der Waals surface area contributed by atoms with Crippen molar-refractivity contribution >= 4 is 29.2 Å². The van der Waals surface area contributed by atoms with Gasteiger partial charge in [0.15, 0.2) is 11.5 Å². The van der Waals surface area contributed by atoms with Crippen LogP contribution in [0.1, 0.15) is 15.9 Å². The van der Waals surface area contributed by atoms with E-state index in [0.717, 1.165) is 23.4 Å². The molecule has 2 amide bonds. The van der Waals surface area contributed by atoms with Crippen molar-refractivity contribution in [2.24, 2.45) is 5.73 Å². The highest BCUT2D eigenvalue weighted by atomic mass is 32.2. The second kappa shape index (κ2) is 8.75. The van der Waals surface area contributed by atoms with Crippen molar-refractivity contribution in [3.05, 3.63) is 77.5 Å². The summed E-state index contributed by atoms with van der Waals surface area (Å²) in [7, 11) is 0. The van der Waals surface area contributed by atoms with Gasteiger partial charge in [-0.15, -0.1) is 10.2 Å². The van der Waals surface area contributed by atoms with Crippen LogP contribution in [-0.4, -0.2) is 33.0 Å². The molecule has 4 rings (SSSR count). The molecule has 0 bridgehead atoms. The molecule has 32 heavy (non-hydrogen) atoms. The first-order valence-corrected chi connectivity index (χ1v) is 10.3. The van der Waals surface area contributed by atoms with E-state index < -0.39 is 23.4 Å². The van der Waals surface area contributed by atoms with Gasteiger partial charge in [-0.05, 0) is 48.9 Å². The zero-order valence-corrected chi connectivity index (χ0v) is 17.6. The highest BCUT2D eigenvalue weighted by molar-refractivity contribution is 7.99. The molecule has 0 fully saturated rings. The van der Waals surface area contributed by atoms with Crippen molar-refractivity contribution in [2.75, 3.05) is 6.54 Å². The van der Waals surface area contributed by atoms with Crippen molar-refractivity contribution < 1.29 is 18.4 Å². The lowest BCUT2D eigenvalue weighted by molar-refractivity contribution is -0.117. The highest BCUT2D eigenvalue weighted by Crippen LogP contribution is 2.32. The van der Waals surface area contributed by atoms with Gasteiger partial charge in [-0.25, -0.2) is 8.78 Å². The Morgan fingerprint density at radius 2 is 1.91 bits per heavy atom. The largest absolute Gasteiger partial charge is 0.368 e. The number of rotatable bonds is 6. The van der Waals surface area contributed by atoms with Crippen LogP contribution in [0.4, 0.5) is 8.78 Å². The summed E-state index contributed by atoms with van der Waals surface area (Å²) in [5.41, 5.74) is 7.50. The number of carbonyl (C=O) groups excluding carboxylic acids is 2. The number of halogens is 2. The van der Waals surface area contributed by atoms with E-state index >= 15 is 0 Å². The number of pyridine rings is 1. The van der Waals surface area contributed by atoms with E-state index in [2.05, 4.69) is 15.5 Å². The number of primary amides is 1. The number of nitrogens with one attached hydrogen (secondary N) is 1. The average Bonchev–Trinajstić information content (AvgIpc) is 3.17. The third-order valence-electron chi connectivity index (χ3n) is 4.66. The maximum Gasteiger partial charge on any atom is 0.251 e. The molecule has 2 aromatic carbocycles. The summed E-state index contributed by atoms with van der Waals surface area (Å²) in [5.74, 6) is -1.88. The Labute approximate surface area is 185 Å². The van der Waals surface area contributed by atoms with Gasteiger partial charge in [0.05, 0.1) is 6.54 Å². The van der Waals surface area contributed by atoms with Crippen LogP contribution in [0, 0.1) is 18.6 Å². The number of benzene rings is 2. The fourth-order valence-corrected chi connectivity index (χ4v) is 3.91. The number of fused-ring (bicyclic) bond motifs is 1. The molecule has 10 heteroatoms. The van der Waals surface area contributed by atoms with Crippen LogP contribution in [0.5, 0.6) is 0 Å². The number of carbonyl (C=O) groups is 2. The first kappa shape index (κ1) is 21.4. The van der Waals surface area contributed by atoms with E-state index in [1.807, 2.05) is 6.92 Å². The predicted molar refractivity (Wildman–Crippen MR) is 115 cm³/mol. The summed E-state index contributed by atoms with van der Waals surface area (Å²) in [5, 5.41) is 10.9. The number of aryl methyl sites for hydroxylation is 1. The first-order valence-electron chi connectivity index (χ1n) is 9.47. The Morgan fingerprint density at radius 1 is 1.09 bits per heavy atom. The number of nitrogens with zero attached hydrogens (tertiary/aromatic N) is 3. The lowest BCUT2D eigenvalue weighted by Crippen LogP contribution is -2.33. The van der Waals surface area contributed by atoms with Gasteiger partial charge in [-0.2, -0.15) is 0 Å². The molecule has 0 radical (unpaired) electrons.